The van der Waals surface area contributed by atoms with Gasteiger partial charge in [0.1, 0.15) is 13.2 Å². The molecule has 2 aliphatic heterocycles. The van der Waals surface area contributed by atoms with Crippen molar-refractivity contribution in [3.05, 3.63) is 17.7 Å². The van der Waals surface area contributed by atoms with Crippen molar-refractivity contribution in [2.24, 2.45) is 0 Å². The minimum atomic E-state index is -0.359. The van der Waals surface area contributed by atoms with E-state index >= 15 is 0 Å². The first kappa shape index (κ1) is 13.0. The fourth-order valence-corrected chi connectivity index (χ4v) is 2.45. The Kier molecular flexibility index (Phi) is 3.63. The van der Waals surface area contributed by atoms with Crippen LogP contribution >= 0.6 is 0 Å². The summed E-state index contributed by atoms with van der Waals surface area (Å²) >= 11 is 0. The molecule has 1 atom stereocenters. The van der Waals surface area contributed by atoms with E-state index in [2.05, 4.69) is 11.0 Å². The third-order valence-corrected chi connectivity index (χ3v) is 3.49. The van der Waals surface area contributed by atoms with Gasteiger partial charge in [-0.05, 0) is 11.6 Å². The van der Waals surface area contributed by atoms with Gasteiger partial charge >= 0.3 is 0 Å². The van der Waals surface area contributed by atoms with E-state index < -0.39 is 0 Å². The van der Waals surface area contributed by atoms with E-state index in [0.717, 1.165) is 17.9 Å². The van der Waals surface area contributed by atoms with Crippen LogP contribution in [0.2, 0.25) is 0 Å². The average Bonchev–Trinajstić information content (AvgIpc) is 2.48. The van der Waals surface area contributed by atoms with Crippen molar-refractivity contribution in [2.45, 2.75) is 12.6 Å². The molecule has 0 radical (unpaired) electrons. The lowest BCUT2D eigenvalue weighted by molar-refractivity contribution is -0.00266. The molecule has 0 bridgehead atoms. The van der Waals surface area contributed by atoms with Crippen LogP contribution < -0.4 is 15.2 Å². The minimum Gasteiger partial charge on any atom is -0.486 e. The van der Waals surface area contributed by atoms with Crippen molar-refractivity contribution in [1.82, 2.24) is 4.90 Å². The molecule has 6 nitrogen and oxygen atoms in total. The van der Waals surface area contributed by atoms with Gasteiger partial charge in [0, 0.05) is 31.4 Å². The van der Waals surface area contributed by atoms with Gasteiger partial charge in [0.25, 0.3) is 0 Å². The lowest BCUT2D eigenvalue weighted by Crippen LogP contribution is -2.41. The number of morpholine rings is 1. The average molecular weight is 275 g/mol. The molecule has 2 N–H and O–H groups in total. The van der Waals surface area contributed by atoms with Crippen LogP contribution in [0.3, 0.4) is 0 Å². The second kappa shape index (κ2) is 5.57. The van der Waals surface area contributed by atoms with Crippen LogP contribution in [-0.4, -0.2) is 43.9 Å². The molecule has 1 fully saturated rings. The van der Waals surface area contributed by atoms with Crippen LogP contribution in [0.15, 0.2) is 12.1 Å². The number of rotatable bonds is 2. The molecular formula is C14H17N3O3. The van der Waals surface area contributed by atoms with Crippen molar-refractivity contribution in [2.75, 3.05) is 38.6 Å². The van der Waals surface area contributed by atoms with Crippen molar-refractivity contribution < 1.29 is 14.2 Å². The highest BCUT2D eigenvalue weighted by Crippen LogP contribution is 2.35. The molecule has 106 valence electrons. The van der Waals surface area contributed by atoms with E-state index in [1.54, 1.807) is 0 Å². The number of nitrogens with zero attached hydrogens (tertiary/aromatic N) is 2. The quantitative estimate of drug-likeness (QED) is 0.803. The van der Waals surface area contributed by atoms with Gasteiger partial charge in [-0.3, -0.25) is 4.90 Å². The molecule has 0 saturated carbocycles. The Labute approximate surface area is 117 Å². The molecule has 6 heteroatoms. The molecule has 2 heterocycles. The van der Waals surface area contributed by atoms with Gasteiger partial charge in [0.15, 0.2) is 17.6 Å². The highest BCUT2D eigenvalue weighted by atomic mass is 16.6. The van der Waals surface area contributed by atoms with Crippen LogP contribution in [0, 0.1) is 11.3 Å². The zero-order valence-corrected chi connectivity index (χ0v) is 11.2. The summed E-state index contributed by atoms with van der Waals surface area (Å²) in [5.41, 5.74) is 7.75. The van der Waals surface area contributed by atoms with Gasteiger partial charge in [0.05, 0.1) is 12.7 Å². The van der Waals surface area contributed by atoms with Gasteiger partial charge in [-0.2, -0.15) is 5.26 Å². The molecule has 1 aromatic carbocycles. The SMILES string of the molecule is N#CC1CN(Cc2cc3c(cc2N)OCCO3)CCO1. The number of hydrogen-bond donors (Lipinski definition) is 1. The molecule has 2 aliphatic rings. The third-order valence-electron chi connectivity index (χ3n) is 3.49. The molecule has 1 unspecified atom stereocenters. The fourth-order valence-electron chi connectivity index (χ4n) is 2.45. The monoisotopic (exact) mass is 275 g/mol. The maximum Gasteiger partial charge on any atom is 0.163 e. The Morgan fingerprint density at radius 2 is 2.00 bits per heavy atom. The molecule has 0 aromatic heterocycles. The lowest BCUT2D eigenvalue weighted by Gasteiger charge is -2.30. The van der Waals surface area contributed by atoms with Crippen molar-refractivity contribution in [1.29, 1.82) is 5.26 Å². The molecule has 20 heavy (non-hydrogen) atoms. The number of anilines is 1. The summed E-state index contributed by atoms with van der Waals surface area (Å²) in [6, 6.07) is 5.89. The number of ether oxygens (including phenoxy) is 3. The Morgan fingerprint density at radius 3 is 2.75 bits per heavy atom. The maximum atomic E-state index is 8.92. The number of fused-ring (bicyclic) bond motifs is 1. The van der Waals surface area contributed by atoms with Crippen LogP contribution in [0.5, 0.6) is 11.5 Å². The summed E-state index contributed by atoms with van der Waals surface area (Å²) in [6.45, 7) is 3.77. The molecule has 1 aromatic rings. The fraction of sp³-hybridized carbons (Fsp3) is 0.500. The summed E-state index contributed by atoms with van der Waals surface area (Å²) in [7, 11) is 0. The van der Waals surface area contributed by atoms with E-state index in [1.807, 2.05) is 12.1 Å². The van der Waals surface area contributed by atoms with E-state index in [9.17, 15) is 0 Å². The zero-order chi connectivity index (χ0) is 13.9. The van der Waals surface area contributed by atoms with Crippen LogP contribution in [0.25, 0.3) is 0 Å². The number of nitriles is 1. The largest absolute Gasteiger partial charge is 0.486 e. The highest BCUT2D eigenvalue weighted by Gasteiger charge is 2.22. The first-order valence-corrected chi connectivity index (χ1v) is 6.68. The van der Waals surface area contributed by atoms with E-state index in [1.165, 1.54) is 0 Å². The Balaban J connectivity index is 1.75. The molecule has 1 saturated heterocycles. The normalized spacial score (nSPS) is 22.2. The van der Waals surface area contributed by atoms with E-state index in [0.29, 0.717) is 44.3 Å². The molecule has 0 spiro atoms. The third kappa shape index (κ3) is 2.64. The number of hydrogen-bond acceptors (Lipinski definition) is 6. The smallest absolute Gasteiger partial charge is 0.163 e. The number of benzene rings is 1. The van der Waals surface area contributed by atoms with Crippen LogP contribution in [-0.2, 0) is 11.3 Å². The maximum absolute atomic E-state index is 8.92. The lowest BCUT2D eigenvalue weighted by atomic mass is 10.1. The first-order chi connectivity index (χ1) is 9.76. The second-order valence-corrected chi connectivity index (χ2v) is 4.92. The van der Waals surface area contributed by atoms with Crippen LogP contribution in [0.1, 0.15) is 5.56 Å². The molecule has 0 aliphatic carbocycles. The van der Waals surface area contributed by atoms with Crippen molar-refractivity contribution in [3.8, 4) is 17.6 Å². The summed E-state index contributed by atoms with van der Waals surface area (Å²) in [4.78, 5) is 2.17. The van der Waals surface area contributed by atoms with Gasteiger partial charge in [-0.1, -0.05) is 0 Å². The Hall–Kier alpha value is -1.97. The molecular weight excluding hydrogens is 258 g/mol. The minimum absolute atomic E-state index is 0.359. The summed E-state index contributed by atoms with van der Waals surface area (Å²) < 4.78 is 16.4. The number of nitrogens with two attached hydrogens (primary N) is 1. The first-order valence-electron chi connectivity index (χ1n) is 6.68. The van der Waals surface area contributed by atoms with E-state index in [-0.39, 0.29) is 6.10 Å². The van der Waals surface area contributed by atoms with E-state index in [4.69, 9.17) is 25.2 Å². The summed E-state index contributed by atoms with van der Waals surface area (Å²) in [6.07, 6.45) is -0.359. The standard InChI is InChI=1S/C14H17N3O3/c15-7-11-9-17(1-2-18-11)8-10-5-13-14(6-12(10)16)20-4-3-19-13/h5-6,11H,1-4,8-9,16H2. The summed E-state index contributed by atoms with van der Waals surface area (Å²) in [5.74, 6) is 1.44. The Bertz CT molecular complexity index is 541. The van der Waals surface area contributed by atoms with Gasteiger partial charge < -0.3 is 19.9 Å². The van der Waals surface area contributed by atoms with Gasteiger partial charge in [-0.25, -0.2) is 0 Å². The second-order valence-electron chi connectivity index (χ2n) is 4.92. The van der Waals surface area contributed by atoms with Crippen LogP contribution in [0.4, 0.5) is 5.69 Å². The zero-order valence-electron chi connectivity index (χ0n) is 11.2. The number of nitrogen functional groups attached to an aromatic ring is 1. The molecule has 3 rings (SSSR count). The van der Waals surface area contributed by atoms with Crippen molar-refractivity contribution in [3.63, 3.8) is 0 Å². The predicted molar refractivity (Wildman–Crippen MR) is 72.5 cm³/mol. The molecule has 0 amide bonds. The Morgan fingerprint density at radius 1 is 1.25 bits per heavy atom. The summed E-state index contributed by atoms with van der Waals surface area (Å²) in [5, 5.41) is 8.92. The van der Waals surface area contributed by atoms with Gasteiger partial charge in [0.2, 0.25) is 0 Å². The van der Waals surface area contributed by atoms with Crippen molar-refractivity contribution >= 4 is 5.69 Å². The predicted octanol–water partition coefficient (Wildman–Crippen LogP) is 0.764. The van der Waals surface area contributed by atoms with Gasteiger partial charge in [-0.15, -0.1) is 0 Å². The topological polar surface area (TPSA) is 80.7 Å². The highest BCUT2D eigenvalue weighted by molar-refractivity contribution is 5.58.